The van der Waals surface area contributed by atoms with Gasteiger partial charge in [-0.1, -0.05) is 60.4 Å². The summed E-state index contributed by atoms with van der Waals surface area (Å²) in [5, 5.41) is 4.74. The Morgan fingerprint density at radius 3 is 2.56 bits per heavy atom. The molecule has 0 spiro atoms. The van der Waals surface area contributed by atoms with Gasteiger partial charge in [0.25, 0.3) is 5.91 Å². The average Bonchev–Trinajstić information content (AvgIpc) is 3.36. The molecule has 34 heavy (non-hydrogen) atoms. The SMILES string of the molecule is C=CCN1C(=O)/C(=C\c2cn(-c3ccccc3)nc2-c2cccc(S(=O)(=O)N(C)C)c2)SC1=S. The summed E-state index contributed by atoms with van der Waals surface area (Å²) in [5.74, 6) is -0.197. The van der Waals surface area contributed by atoms with Gasteiger partial charge in [0, 0.05) is 38.0 Å². The molecule has 0 saturated carbocycles. The fourth-order valence-corrected chi connectivity index (χ4v) is 5.59. The fourth-order valence-electron chi connectivity index (χ4n) is 3.37. The van der Waals surface area contributed by atoms with Crippen molar-refractivity contribution < 1.29 is 13.2 Å². The van der Waals surface area contributed by atoms with E-state index in [4.69, 9.17) is 17.3 Å². The third-order valence-corrected chi connectivity index (χ3v) is 8.31. The lowest BCUT2D eigenvalue weighted by atomic mass is 10.1. The molecule has 1 amide bonds. The molecular formula is C24H22N4O3S3. The Balaban J connectivity index is 1.85. The molecule has 0 N–H and O–H groups in total. The zero-order valence-electron chi connectivity index (χ0n) is 18.6. The Morgan fingerprint density at radius 1 is 1.15 bits per heavy atom. The summed E-state index contributed by atoms with van der Waals surface area (Å²) in [5.41, 5.74) is 2.67. The average molecular weight is 511 g/mol. The number of hydrogen-bond donors (Lipinski definition) is 0. The molecule has 7 nitrogen and oxygen atoms in total. The summed E-state index contributed by atoms with van der Waals surface area (Å²) in [4.78, 5) is 15.0. The number of nitrogens with zero attached hydrogens (tertiary/aromatic N) is 4. The number of aromatic nitrogens is 2. The Morgan fingerprint density at radius 2 is 1.88 bits per heavy atom. The molecule has 1 aromatic heterocycles. The first-order valence-corrected chi connectivity index (χ1v) is 12.9. The minimum Gasteiger partial charge on any atom is -0.289 e. The highest BCUT2D eigenvalue weighted by molar-refractivity contribution is 8.26. The third-order valence-electron chi connectivity index (χ3n) is 5.12. The molecule has 2 heterocycles. The van der Waals surface area contributed by atoms with Crippen LogP contribution in [0.3, 0.4) is 0 Å². The maximum Gasteiger partial charge on any atom is 0.266 e. The van der Waals surface area contributed by atoms with E-state index in [0.717, 1.165) is 5.69 Å². The van der Waals surface area contributed by atoms with E-state index in [1.807, 2.05) is 36.5 Å². The van der Waals surface area contributed by atoms with Gasteiger partial charge in [-0.3, -0.25) is 9.69 Å². The largest absolute Gasteiger partial charge is 0.289 e. The van der Waals surface area contributed by atoms with E-state index in [1.165, 1.54) is 35.1 Å². The van der Waals surface area contributed by atoms with Crippen molar-refractivity contribution in [1.82, 2.24) is 19.0 Å². The number of carbonyl (C=O) groups excluding carboxylic acids is 1. The van der Waals surface area contributed by atoms with E-state index in [2.05, 4.69) is 6.58 Å². The van der Waals surface area contributed by atoms with Gasteiger partial charge in [-0.25, -0.2) is 17.4 Å². The van der Waals surface area contributed by atoms with E-state index in [9.17, 15) is 13.2 Å². The first-order chi connectivity index (χ1) is 16.2. The Bertz CT molecular complexity index is 1410. The molecule has 0 unspecified atom stereocenters. The second-order valence-corrected chi connectivity index (χ2v) is 11.4. The highest BCUT2D eigenvalue weighted by atomic mass is 32.2. The number of rotatable bonds is 7. The van der Waals surface area contributed by atoms with Crippen LogP contribution in [-0.4, -0.2) is 58.3 Å². The van der Waals surface area contributed by atoms with Gasteiger partial charge in [0.15, 0.2) is 0 Å². The monoisotopic (exact) mass is 510 g/mol. The van der Waals surface area contributed by atoms with Crippen LogP contribution in [0, 0.1) is 0 Å². The molecule has 0 aliphatic carbocycles. The van der Waals surface area contributed by atoms with Crippen molar-refractivity contribution in [1.29, 1.82) is 0 Å². The van der Waals surface area contributed by atoms with Crippen molar-refractivity contribution in [3.63, 3.8) is 0 Å². The molecule has 1 saturated heterocycles. The molecule has 174 valence electrons. The number of amides is 1. The number of thioether (sulfide) groups is 1. The number of sulfonamides is 1. The summed E-state index contributed by atoms with van der Waals surface area (Å²) in [6.45, 7) is 4.02. The Labute approximate surface area is 208 Å². The number of thiocarbonyl (C=S) groups is 1. The summed E-state index contributed by atoms with van der Waals surface area (Å²) < 4.78 is 28.7. The van der Waals surface area contributed by atoms with Crippen LogP contribution in [-0.2, 0) is 14.8 Å². The van der Waals surface area contributed by atoms with Gasteiger partial charge in [-0.05, 0) is 30.3 Å². The van der Waals surface area contributed by atoms with Gasteiger partial charge in [0.05, 0.1) is 15.5 Å². The molecule has 1 fully saturated rings. The van der Waals surface area contributed by atoms with Crippen molar-refractivity contribution in [2.24, 2.45) is 0 Å². The van der Waals surface area contributed by atoms with E-state index < -0.39 is 10.0 Å². The lowest BCUT2D eigenvalue weighted by molar-refractivity contribution is -0.121. The van der Waals surface area contributed by atoms with Gasteiger partial charge in [0.2, 0.25) is 10.0 Å². The quantitative estimate of drug-likeness (QED) is 0.270. The second kappa shape index (κ2) is 9.67. The summed E-state index contributed by atoms with van der Waals surface area (Å²) in [6, 6.07) is 16.2. The predicted molar refractivity (Wildman–Crippen MR) is 140 cm³/mol. The summed E-state index contributed by atoms with van der Waals surface area (Å²) in [7, 11) is -0.648. The zero-order chi connectivity index (χ0) is 24.5. The number of hydrogen-bond acceptors (Lipinski definition) is 6. The molecule has 0 bridgehead atoms. The molecule has 0 radical (unpaired) electrons. The number of carbonyl (C=O) groups is 1. The number of para-hydroxylation sites is 1. The second-order valence-electron chi connectivity index (χ2n) is 7.61. The highest BCUT2D eigenvalue weighted by Crippen LogP contribution is 2.35. The van der Waals surface area contributed by atoms with Crippen LogP contribution in [0.5, 0.6) is 0 Å². The third kappa shape index (κ3) is 4.62. The maximum absolute atomic E-state index is 12.9. The molecule has 2 aromatic carbocycles. The topological polar surface area (TPSA) is 75.5 Å². The summed E-state index contributed by atoms with van der Waals surface area (Å²) >= 11 is 6.57. The van der Waals surface area contributed by atoms with Crippen molar-refractivity contribution in [2.45, 2.75) is 4.90 Å². The molecule has 1 aliphatic rings. The maximum atomic E-state index is 12.9. The highest BCUT2D eigenvalue weighted by Gasteiger charge is 2.31. The normalized spacial score (nSPS) is 15.5. The molecule has 0 atom stereocenters. The van der Waals surface area contributed by atoms with Crippen molar-refractivity contribution >= 4 is 50.3 Å². The molecule has 3 aromatic rings. The minimum atomic E-state index is -3.63. The van der Waals surface area contributed by atoms with E-state index >= 15 is 0 Å². The van der Waals surface area contributed by atoms with Crippen LogP contribution >= 0.6 is 24.0 Å². The van der Waals surface area contributed by atoms with Crippen molar-refractivity contribution in [2.75, 3.05) is 20.6 Å². The van der Waals surface area contributed by atoms with Gasteiger partial charge >= 0.3 is 0 Å². The molecular weight excluding hydrogens is 488 g/mol. The fraction of sp³-hybridized carbons (Fsp3) is 0.125. The predicted octanol–water partition coefficient (Wildman–Crippen LogP) is 4.18. The van der Waals surface area contributed by atoms with E-state index in [-0.39, 0.29) is 10.8 Å². The lowest BCUT2D eigenvalue weighted by Gasteiger charge is -2.12. The first-order valence-electron chi connectivity index (χ1n) is 10.3. The van der Waals surface area contributed by atoms with Crippen LogP contribution in [0.4, 0.5) is 0 Å². The van der Waals surface area contributed by atoms with E-state index in [0.29, 0.717) is 32.6 Å². The van der Waals surface area contributed by atoms with Gasteiger partial charge in [-0.15, -0.1) is 6.58 Å². The van der Waals surface area contributed by atoms with Crippen LogP contribution in [0.2, 0.25) is 0 Å². The summed E-state index contributed by atoms with van der Waals surface area (Å²) in [6.07, 6.45) is 5.19. The van der Waals surface area contributed by atoms with Gasteiger partial charge in [-0.2, -0.15) is 5.10 Å². The standard InChI is InChI=1S/C24H22N4O3S3/c1-4-13-27-23(29)21(33-24(27)32)15-18-16-28(19-10-6-5-7-11-19)25-22(18)17-9-8-12-20(14-17)34(30,31)26(2)3/h4-12,14-16H,1,13H2,2-3H3/b21-15+. The Kier molecular flexibility index (Phi) is 6.85. The Hall–Kier alpha value is -3.05. The molecule has 1 aliphatic heterocycles. The van der Waals surface area contributed by atoms with Crippen LogP contribution in [0.1, 0.15) is 5.56 Å². The zero-order valence-corrected chi connectivity index (χ0v) is 21.0. The van der Waals surface area contributed by atoms with Crippen LogP contribution in [0.25, 0.3) is 23.0 Å². The van der Waals surface area contributed by atoms with Crippen molar-refractivity contribution in [3.8, 4) is 16.9 Å². The first kappa shape index (κ1) is 24.1. The lowest BCUT2D eigenvalue weighted by Crippen LogP contribution is -2.27. The minimum absolute atomic E-state index is 0.160. The van der Waals surface area contributed by atoms with Gasteiger partial charge in [0.1, 0.15) is 10.0 Å². The van der Waals surface area contributed by atoms with Crippen LogP contribution in [0.15, 0.2) is 83.2 Å². The molecule has 4 rings (SSSR count). The smallest absolute Gasteiger partial charge is 0.266 e. The van der Waals surface area contributed by atoms with Crippen molar-refractivity contribution in [3.05, 3.63) is 83.9 Å². The van der Waals surface area contributed by atoms with Crippen LogP contribution < -0.4 is 0 Å². The number of benzene rings is 2. The van der Waals surface area contributed by atoms with E-state index in [1.54, 1.807) is 41.1 Å². The van der Waals surface area contributed by atoms with Gasteiger partial charge < -0.3 is 0 Å². The molecule has 10 heteroatoms.